The summed E-state index contributed by atoms with van der Waals surface area (Å²) < 4.78 is 10.4. The number of esters is 1. The quantitative estimate of drug-likeness (QED) is 0.558. The Labute approximate surface area is 141 Å². The van der Waals surface area contributed by atoms with E-state index < -0.39 is 5.97 Å². The van der Waals surface area contributed by atoms with Gasteiger partial charge < -0.3 is 14.8 Å². The van der Waals surface area contributed by atoms with Crippen LogP contribution in [-0.4, -0.2) is 47.3 Å². The maximum absolute atomic E-state index is 12.1. The topological polar surface area (TPSA) is 86.2 Å². The van der Waals surface area contributed by atoms with Crippen molar-refractivity contribution in [1.82, 2.24) is 15.0 Å². The van der Waals surface area contributed by atoms with E-state index in [1.807, 2.05) is 19.1 Å². The van der Waals surface area contributed by atoms with Crippen LogP contribution in [0.2, 0.25) is 0 Å². The third-order valence-corrected chi connectivity index (χ3v) is 3.18. The van der Waals surface area contributed by atoms with E-state index in [2.05, 4.69) is 20.3 Å². The molecule has 0 atom stereocenters. The fourth-order valence-corrected chi connectivity index (χ4v) is 2.04. The van der Waals surface area contributed by atoms with Crippen LogP contribution in [0.15, 0.2) is 30.7 Å². The lowest BCUT2D eigenvalue weighted by molar-refractivity contribution is 0.0526. The van der Waals surface area contributed by atoms with E-state index in [-0.39, 0.29) is 0 Å². The lowest BCUT2D eigenvalue weighted by Gasteiger charge is -2.11. The summed E-state index contributed by atoms with van der Waals surface area (Å²) in [4.78, 5) is 24.8. The Morgan fingerprint density at radius 2 is 2.00 bits per heavy atom. The largest absolute Gasteiger partial charge is 0.462 e. The second-order valence-corrected chi connectivity index (χ2v) is 4.89. The van der Waals surface area contributed by atoms with Crippen LogP contribution in [0.4, 0.5) is 5.82 Å². The van der Waals surface area contributed by atoms with E-state index in [9.17, 15) is 4.79 Å². The summed E-state index contributed by atoms with van der Waals surface area (Å²) in [6, 6.07) is 3.64. The SMILES string of the molecule is CCOCCCNc1nc(-c2ccncc2)ncc1C(=O)OCC. The van der Waals surface area contributed by atoms with Crippen LogP contribution in [0.3, 0.4) is 0 Å². The second-order valence-electron chi connectivity index (χ2n) is 4.89. The molecular weight excluding hydrogens is 308 g/mol. The lowest BCUT2D eigenvalue weighted by atomic mass is 10.2. The average Bonchev–Trinajstić information content (AvgIpc) is 2.62. The second kappa shape index (κ2) is 9.57. The van der Waals surface area contributed by atoms with Crippen molar-refractivity contribution in [1.29, 1.82) is 0 Å². The minimum Gasteiger partial charge on any atom is -0.462 e. The first-order valence-corrected chi connectivity index (χ1v) is 8.02. The summed E-state index contributed by atoms with van der Waals surface area (Å²) >= 11 is 0. The van der Waals surface area contributed by atoms with E-state index >= 15 is 0 Å². The molecular formula is C17H22N4O3. The van der Waals surface area contributed by atoms with Crippen LogP contribution < -0.4 is 5.32 Å². The number of hydrogen-bond donors (Lipinski definition) is 1. The number of rotatable bonds is 9. The summed E-state index contributed by atoms with van der Waals surface area (Å²) in [6.07, 6.45) is 5.65. The van der Waals surface area contributed by atoms with Gasteiger partial charge in [0.1, 0.15) is 11.4 Å². The maximum atomic E-state index is 12.1. The molecule has 0 fully saturated rings. The van der Waals surface area contributed by atoms with E-state index in [4.69, 9.17) is 9.47 Å². The maximum Gasteiger partial charge on any atom is 0.343 e. The number of hydrogen-bond acceptors (Lipinski definition) is 7. The van der Waals surface area contributed by atoms with Crippen molar-refractivity contribution in [3.05, 3.63) is 36.3 Å². The van der Waals surface area contributed by atoms with Crippen LogP contribution in [0, 0.1) is 0 Å². The van der Waals surface area contributed by atoms with Crippen molar-refractivity contribution < 1.29 is 14.3 Å². The van der Waals surface area contributed by atoms with Gasteiger partial charge in [-0.3, -0.25) is 4.98 Å². The lowest BCUT2D eigenvalue weighted by Crippen LogP contribution is -2.14. The Hall–Kier alpha value is -2.54. The summed E-state index contributed by atoms with van der Waals surface area (Å²) in [5, 5.41) is 3.17. The number of nitrogens with one attached hydrogen (secondary N) is 1. The van der Waals surface area contributed by atoms with Crippen LogP contribution >= 0.6 is 0 Å². The predicted octanol–water partition coefficient (Wildman–Crippen LogP) is 2.55. The molecule has 0 aliphatic carbocycles. The highest BCUT2D eigenvalue weighted by molar-refractivity contribution is 5.94. The minimum atomic E-state index is -0.439. The van der Waals surface area contributed by atoms with E-state index in [0.717, 1.165) is 12.0 Å². The first kappa shape index (κ1) is 17.8. The van der Waals surface area contributed by atoms with Gasteiger partial charge in [0, 0.05) is 43.9 Å². The highest BCUT2D eigenvalue weighted by Gasteiger charge is 2.16. The number of carbonyl (C=O) groups excluding carboxylic acids is 1. The first-order chi connectivity index (χ1) is 11.8. The molecule has 2 aromatic rings. The van der Waals surface area contributed by atoms with Gasteiger partial charge >= 0.3 is 5.97 Å². The normalized spacial score (nSPS) is 10.4. The number of aromatic nitrogens is 3. The highest BCUT2D eigenvalue weighted by Crippen LogP contribution is 2.19. The van der Waals surface area contributed by atoms with Crippen molar-refractivity contribution in [2.45, 2.75) is 20.3 Å². The third-order valence-electron chi connectivity index (χ3n) is 3.18. The van der Waals surface area contributed by atoms with Crippen molar-refractivity contribution >= 4 is 11.8 Å². The number of pyridine rings is 1. The summed E-state index contributed by atoms with van der Waals surface area (Å²) in [5.41, 5.74) is 1.16. The van der Waals surface area contributed by atoms with Gasteiger partial charge in [-0.25, -0.2) is 14.8 Å². The first-order valence-electron chi connectivity index (χ1n) is 8.02. The Kier molecular flexibility index (Phi) is 7.10. The Morgan fingerprint density at radius 1 is 1.21 bits per heavy atom. The van der Waals surface area contributed by atoms with Gasteiger partial charge in [-0.2, -0.15) is 0 Å². The summed E-state index contributed by atoms with van der Waals surface area (Å²) in [7, 11) is 0. The molecule has 7 heteroatoms. The molecule has 24 heavy (non-hydrogen) atoms. The fraction of sp³-hybridized carbons (Fsp3) is 0.412. The molecule has 0 bridgehead atoms. The molecule has 2 rings (SSSR count). The monoisotopic (exact) mass is 330 g/mol. The number of carbonyl (C=O) groups is 1. The molecule has 128 valence electrons. The molecule has 1 N–H and O–H groups in total. The average molecular weight is 330 g/mol. The number of anilines is 1. The molecule has 0 saturated heterocycles. The standard InChI is InChI=1S/C17H22N4O3/c1-3-23-11-5-8-19-16-14(17(22)24-4-2)12-20-15(21-16)13-6-9-18-10-7-13/h6-7,9-10,12H,3-5,8,11H2,1-2H3,(H,19,20,21). The molecule has 2 heterocycles. The minimum absolute atomic E-state index is 0.300. The fourth-order valence-electron chi connectivity index (χ4n) is 2.04. The highest BCUT2D eigenvalue weighted by atomic mass is 16.5. The van der Waals surface area contributed by atoms with Crippen molar-refractivity contribution in [3.8, 4) is 11.4 Å². The third kappa shape index (κ3) is 4.99. The van der Waals surface area contributed by atoms with Crippen LogP contribution in [-0.2, 0) is 9.47 Å². The molecule has 0 saturated carbocycles. The summed E-state index contributed by atoms with van der Waals surface area (Å²) in [6.45, 7) is 6.00. The molecule has 2 aromatic heterocycles. The van der Waals surface area contributed by atoms with Crippen LogP contribution in [0.1, 0.15) is 30.6 Å². The molecule has 0 spiro atoms. The Morgan fingerprint density at radius 3 is 2.71 bits per heavy atom. The van der Waals surface area contributed by atoms with E-state index in [1.54, 1.807) is 19.3 Å². The van der Waals surface area contributed by atoms with Crippen LogP contribution in [0.5, 0.6) is 0 Å². The molecule has 0 amide bonds. The van der Waals surface area contributed by atoms with Gasteiger partial charge in [-0.1, -0.05) is 0 Å². The molecule has 0 radical (unpaired) electrons. The Bertz CT molecular complexity index is 650. The molecule has 0 aliphatic rings. The van der Waals surface area contributed by atoms with E-state index in [1.165, 1.54) is 6.20 Å². The zero-order chi connectivity index (χ0) is 17.2. The molecule has 0 aliphatic heterocycles. The van der Waals surface area contributed by atoms with Gasteiger partial charge in [-0.05, 0) is 32.4 Å². The molecule has 0 aromatic carbocycles. The summed E-state index contributed by atoms with van der Waals surface area (Å²) in [5.74, 6) is 0.551. The number of ether oxygens (including phenoxy) is 2. The molecule has 0 unspecified atom stereocenters. The zero-order valence-electron chi connectivity index (χ0n) is 14.0. The van der Waals surface area contributed by atoms with Gasteiger partial charge in [0.05, 0.1) is 6.61 Å². The van der Waals surface area contributed by atoms with Gasteiger partial charge in [0.2, 0.25) is 0 Å². The predicted molar refractivity (Wildman–Crippen MR) is 90.8 cm³/mol. The van der Waals surface area contributed by atoms with Gasteiger partial charge in [0.25, 0.3) is 0 Å². The van der Waals surface area contributed by atoms with Gasteiger partial charge in [-0.15, -0.1) is 0 Å². The zero-order valence-corrected chi connectivity index (χ0v) is 14.0. The van der Waals surface area contributed by atoms with Crippen LogP contribution in [0.25, 0.3) is 11.4 Å². The van der Waals surface area contributed by atoms with Crippen molar-refractivity contribution in [2.24, 2.45) is 0 Å². The number of nitrogens with zero attached hydrogens (tertiary/aromatic N) is 3. The van der Waals surface area contributed by atoms with E-state index in [0.29, 0.717) is 43.6 Å². The Balaban J connectivity index is 2.19. The van der Waals surface area contributed by atoms with Gasteiger partial charge in [0.15, 0.2) is 5.82 Å². The molecule has 7 nitrogen and oxygen atoms in total. The van der Waals surface area contributed by atoms with Crippen molar-refractivity contribution in [2.75, 3.05) is 31.7 Å². The smallest absolute Gasteiger partial charge is 0.343 e. The van der Waals surface area contributed by atoms with Crippen molar-refractivity contribution in [3.63, 3.8) is 0 Å².